The molecule has 0 unspecified atom stereocenters. The molecule has 6 nitrogen and oxygen atoms in total. The number of aromatic nitrogens is 2. The summed E-state index contributed by atoms with van der Waals surface area (Å²) in [6, 6.07) is 4.01. The molecule has 1 aromatic heterocycles. The molecule has 1 N–H and O–H groups in total. The van der Waals surface area contributed by atoms with Crippen molar-refractivity contribution in [1.82, 2.24) is 20.0 Å². The first-order valence-electron chi connectivity index (χ1n) is 9.82. The number of amides is 2. The molecule has 1 aromatic rings. The molecule has 1 saturated heterocycles. The maximum atomic E-state index is 12.3. The summed E-state index contributed by atoms with van der Waals surface area (Å²) in [7, 11) is 0. The van der Waals surface area contributed by atoms with E-state index in [-0.39, 0.29) is 11.6 Å². The summed E-state index contributed by atoms with van der Waals surface area (Å²) in [5, 5.41) is 7.73. The zero-order valence-electron chi connectivity index (χ0n) is 14.8. The minimum atomic E-state index is -0.00851. The van der Waals surface area contributed by atoms with E-state index in [0.29, 0.717) is 24.4 Å². The van der Waals surface area contributed by atoms with Gasteiger partial charge in [0, 0.05) is 37.7 Å². The number of carbonyl (C=O) groups excluding carboxylic acids is 1. The van der Waals surface area contributed by atoms with Gasteiger partial charge in [0.05, 0.1) is 5.69 Å². The Morgan fingerprint density at radius 3 is 2.48 bits per heavy atom. The van der Waals surface area contributed by atoms with Crippen LogP contribution < -0.4 is 10.9 Å². The number of nitrogens with one attached hydrogen (secondary N) is 1. The molecule has 3 aliphatic rings. The van der Waals surface area contributed by atoms with E-state index in [0.717, 1.165) is 44.5 Å². The highest BCUT2D eigenvalue weighted by molar-refractivity contribution is 5.74. The van der Waals surface area contributed by atoms with Crippen molar-refractivity contribution in [2.24, 2.45) is 5.92 Å². The average molecular weight is 344 g/mol. The second kappa shape index (κ2) is 7.18. The van der Waals surface area contributed by atoms with E-state index in [1.165, 1.54) is 25.7 Å². The summed E-state index contributed by atoms with van der Waals surface area (Å²) in [5.41, 5.74) is 1.05. The van der Waals surface area contributed by atoms with Gasteiger partial charge < -0.3 is 10.2 Å². The molecule has 4 rings (SSSR count). The molecule has 2 heterocycles. The molecule has 3 fully saturated rings. The Kier molecular flexibility index (Phi) is 4.77. The lowest BCUT2D eigenvalue weighted by Gasteiger charge is -2.32. The van der Waals surface area contributed by atoms with Gasteiger partial charge in [0.1, 0.15) is 0 Å². The monoisotopic (exact) mass is 344 g/mol. The van der Waals surface area contributed by atoms with Gasteiger partial charge in [0.2, 0.25) is 0 Å². The highest BCUT2D eigenvalue weighted by Crippen LogP contribution is 2.38. The van der Waals surface area contributed by atoms with E-state index < -0.39 is 0 Å². The second-order valence-corrected chi connectivity index (χ2v) is 7.91. The number of hydrogen-bond donors (Lipinski definition) is 1. The van der Waals surface area contributed by atoms with Gasteiger partial charge in [-0.05, 0) is 50.5 Å². The molecule has 1 aliphatic heterocycles. The van der Waals surface area contributed by atoms with E-state index >= 15 is 0 Å². The van der Waals surface area contributed by atoms with E-state index in [2.05, 4.69) is 10.4 Å². The lowest BCUT2D eigenvalue weighted by atomic mass is 9.97. The van der Waals surface area contributed by atoms with Gasteiger partial charge in [0.15, 0.2) is 0 Å². The number of hydrogen-bond acceptors (Lipinski definition) is 3. The molecule has 0 bridgehead atoms. The van der Waals surface area contributed by atoms with Crippen LogP contribution in [-0.4, -0.2) is 39.8 Å². The van der Waals surface area contributed by atoms with Crippen molar-refractivity contribution in [3.63, 3.8) is 0 Å². The fourth-order valence-corrected chi connectivity index (χ4v) is 4.09. The topological polar surface area (TPSA) is 67.2 Å². The van der Waals surface area contributed by atoms with E-state index in [1.54, 1.807) is 10.7 Å². The molecule has 2 amide bonds. The lowest BCUT2D eigenvalue weighted by Crippen LogP contribution is -2.47. The molecule has 0 atom stereocenters. The minimum absolute atomic E-state index is 0.00851. The van der Waals surface area contributed by atoms with Crippen molar-refractivity contribution in [2.75, 3.05) is 13.1 Å². The van der Waals surface area contributed by atoms with Crippen LogP contribution in [0.25, 0.3) is 0 Å². The zero-order valence-corrected chi connectivity index (χ0v) is 14.8. The predicted molar refractivity (Wildman–Crippen MR) is 95.6 cm³/mol. The van der Waals surface area contributed by atoms with Crippen LogP contribution in [0.4, 0.5) is 4.79 Å². The van der Waals surface area contributed by atoms with Crippen molar-refractivity contribution >= 4 is 6.03 Å². The smallest absolute Gasteiger partial charge is 0.317 e. The van der Waals surface area contributed by atoms with Gasteiger partial charge in [-0.2, -0.15) is 5.10 Å². The fraction of sp³-hybridized carbons (Fsp3) is 0.737. The third-order valence-corrected chi connectivity index (χ3v) is 5.90. The zero-order chi connectivity index (χ0) is 17.2. The first-order chi connectivity index (χ1) is 12.2. The number of nitrogens with zero attached hydrogens (tertiary/aromatic N) is 3. The molecule has 6 heteroatoms. The lowest BCUT2D eigenvalue weighted by molar-refractivity contribution is 0.160. The van der Waals surface area contributed by atoms with E-state index in [1.807, 2.05) is 11.0 Å². The molecule has 2 aliphatic carbocycles. The molecular weight excluding hydrogens is 316 g/mol. The maximum Gasteiger partial charge on any atom is 0.317 e. The second-order valence-electron chi connectivity index (χ2n) is 7.91. The average Bonchev–Trinajstić information content (AvgIpc) is 3.35. The van der Waals surface area contributed by atoms with Crippen molar-refractivity contribution in [3.8, 4) is 0 Å². The van der Waals surface area contributed by atoms with E-state index in [4.69, 9.17) is 0 Å². The Balaban J connectivity index is 1.29. The van der Waals surface area contributed by atoms with Gasteiger partial charge in [-0.25, -0.2) is 9.48 Å². The van der Waals surface area contributed by atoms with Crippen LogP contribution >= 0.6 is 0 Å². The Morgan fingerprint density at radius 2 is 1.80 bits per heavy atom. The minimum Gasteiger partial charge on any atom is -0.335 e. The quantitative estimate of drug-likeness (QED) is 0.912. The van der Waals surface area contributed by atoms with Crippen LogP contribution in [0.15, 0.2) is 16.9 Å². The van der Waals surface area contributed by atoms with Crippen LogP contribution in [0.2, 0.25) is 0 Å². The molecule has 0 aromatic carbocycles. The molecule has 0 radical (unpaired) electrons. The highest BCUT2D eigenvalue weighted by atomic mass is 16.2. The van der Waals surface area contributed by atoms with Crippen molar-refractivity contribution < 1.29 is 4.79 Å². The Labute approximate surface area is 148 Å². The van der Waals surface area contributed by atoms with Gasteiger partial charge in [-0.1, -0.05) is 12.8 Å². The Hall–Kier alpha value is -1.85. The maximum absolute atomic E-state index is 12.3. The molecule has 0 spiro atoms. The molecule has 136 valence electrons. The van der Waals surface area contributed by atoms with Crippen LogP contribution in [-0.2, 0) is 6.54 Å². The third kappa shape index (κ3) is 4.05. The summed E-state index contributed by atoms with van der Waals surface area (Å²) in [6.45, 7) is 2.23. The number of carbonyl (C=O) groups is 1. The predicted octanol–water partition coefficient (Wildman–Crippen LogP) is 2.48. The van der Waals surface area contributed by atoms with Gasteiger partial charge in [0.25, 0.3) is 5.56 Å². The SMILES string of the molecule is O=C(NC1CCCC1)N1CCC(Cn2nc(C3CC3)ccc2=O)CC1. The van der Waals surface area contributed by atoms with E-state index in [9.17, 15) is 9.59 Å². The number of likely N-dealkylation sites (tertiary alicyclic amines) is 1. The van der Waals surface area contributed by atoms with Crippen LogP contribution in [0.5, 0.6) is 0 Å². The van der Waals surface area contributed by atoms with Crippen molar-refractivity contribution in [2.45, 2.75) is 69.9 Å². The third-order valence-electron chi connectivity index (χ3n) is 5.90. The van der Waals surface area contributed by atoms with Crippen molar-refractivity contribution in [1.29, 1.82) is 0 Å². The molecule has 25 heavy (non-hydrogen) atoms. The first kappa shape index (κ1) is 16.6. The van der Waals surface area contributed by atoms with Crippen LogP contribution in [0, 0.1) is 5.92 Å². The summed E-state index contributed by atoms with van der Waals surface area (Å²) < 4.78 is 1.65. The number of piperidine rings is 1. The normalized spacial score (nSPS) is 22.3. The first-order valence-corrected chi connectivity index (χ1v) is 9.82. The Bertz CT molecular complexity index is 668. The fourth-order valence-electron chi connectivity index (χ4n) is 4.09. The van der Waals surface area contributed by atoms with Gasteiger partial charge in [-0.15, -0.1) is 0 Å². The summed E-state index contributed by atoms with van der Waals surface area (Å²) >= 11 is 0. The summed E-state index contributed by atoms with van der Waals surface area (Å²) in [6.07, 6.45) is 8.98. The van der Waals surface area contributed by atoms with Gasteiger partial charge >= 0.3 is 6.03 Å². The number of rotatable bonds is 4. The van der Waals surface area contributed by atoms with Crippen LogP contribution in [0.3, 0.4) is 0 Å². The molecule has 2 saturated carbocycles. The largest absolute Gasteiger partial charge is 0.335 e. The number of urea groups is 1. The van der Waals surface area contributed by atoms with Crippen molar-refractivity contribution in [3.05, 3.63) is 28.2 Å². The summed E-state index contributed by atoms with van der Waals surface area (Å²) in [5.74, 6) is 0.989. The van der Waals surface area contributed by atoms with Gasteiger partial charge in [-0.3, -0.25) is 4.79 Å². The Morgan fingerprint density at radius 1 is 1.08 bits per heavy atom. The standard InChI is InChI=1S/C19H28N4O2/c24-18-8-7-17(15-5-6-15)21-23(18)13-14-9-11-22(12-10-14)19(25)20-16-3-1-2-4-16/h7-8,14-16H,1-6,9-13H2,(H,20,25). The highest BCUT2D eigenvalue weighted by Gasteiger charge is 2.28. The summed E-state index contributed by atoms with van der Waals surface area (Å²) in [4.78, 5) is 26.4. The van der Waals surface area contributed by atoms with Crippen LogP contribution in [0.1, 0.15) is 63.0 Å². The molecular formula is C19H28N4O2.